The molecular weight excluding hydrogens is 402 g/mol. The number of carbonyl (C=O) groups excluding carboxylic acids is 2. The molecule has 1 atom stereocenters. The van der Waals surface area contributed by atoms with Gasteiger partial charge in [0.15, 0.2) is 0 Å². The number of nitrogens with one attached hydrogen (secondary N) is 1. The number of nitrogens with zero attached hydrogens (tertiary/aromatic N) is 2. The van der Waals surface area contributed by atoms with E-state index in [4.69, 9.17) is 0 Å². The Morgan fingerprint density at radius 1 is 1.24 bits per heavy atom. The van der Waals surface area contributed by atoms with Gasteiger partial charge in [0.1, 0.15) is 5.54 Å². The summed E-state index contributed by atoms with van der Waals surface area (Å²) in [4.78, 5) is 30.4. The Morgan fingerprint density at radius 3 is 2.76 bits per heavy atom. The number of amides is 3. The Hall–Kier alpha value is -1.70. The fourth-order valence-electron chi connectivity index (χ4n) is 3.43. The number of halogens is 1. The molecule has 3 heterocycles. The molecule has 7 heteroatoms. The van der Waals surface area contributed by atoms with Crippen molar-refractivity contribution in [2.24, 2.45) is 0 Å². The summed E-state index contributed by atoms with van der Waals surface area (Å²) in [5.74, 6) is -0.198. The predicted octanol–water partition coefficient (Wildman–Crippen LogP) is 3.29. The van der Waals surface area contributed by atoms with Crippen molar-refractivity contribution < 1.29 is 9.59 Å². The van der Waals surface area contributed by atoms with Crippen molar-refractivity contribution in [1.29, 1.82) is 0 Å². The summed E-state index contributed by atoms with van der Waals surface area (Å²) in [5.41, 5.74) is 1.08. The largest absolute Gasteiger partial charge is 0.326 e. The van der Waals surface area contributed by atoms with E-state index < -0.39 is 5.54 Å². The van der Waals surface area contributed by atoms with Gasteiger partial charge < -0.3 is 5.32 Å². The van der Waals surface area contributed by atoms with Crippen LogP contribution >= 0.6 is 27.3 Å². The lowest BCUT2D eigenvalue weighted by Gasteiger charge is -2.30. The minimum Gasteiger partial charge on any atom is -0.319 e. The van der Waals surface area contributed by atoms with Gasteiger partial charge in [-0.25, -0.2) is 9.69 Å². The number of fused-ring (bicyclic) bond motifs is 1. The second-order valence-corrected chi connectivity index (χ2v) is 8.52. The fourth-order valence-corrected chi connectivity index (χ4v) is 4.59. The first-order valence-corrected chi connectivity index (χ1v) is 9.82. The molecule has 0 unspecified atom stereocenters. The normalized spacial score (nSPS) is 23.7. The number of hydrogen-bond donors (Lipinski definition) is 1. The molecule has 2 aromatic rings. The van der Waals surface area contributed by atoms with Gasteiger partial charge in [0.05, 0.1) is 6.67 Å². The lowest BCUT2D eigenvalue weighted by atomic mass is 9.92. The van der Waals surface area contributed by atoms with Gasteiger partial charge >= 0.3 is 6.03 Å². The predicted molar refractivity (Wildman–Crippen MR) is 100 cm³/mol. The fraction of sp³-hybridized carbons (Fsp3) is 0.333. The molecule has 0 bridgehead atoms. The average molecular weight is 420 g/mol. The van der Waals surface area contributed by atoms with E-state index in [1.54, 1.807) is 18.3 Å². The molecule has 4 rings (SSSR count). The second kappa shape index (κ2) is 6.23. The lowest BCUT2D eigenvalue weighted by molar-refractivity contribution is -0.132. The maximum Gasteiger partial charge on any atom is 0.326 e. The molecule has 3 amide bonds. The molecule has 0 radical (unpaired) electrons. The van der Waals surface area contributed by atoms with E-state index in [0.29, 0.717) is 6.67 Å². The van der Waals surface area contributed by atoms with Crippen LogP contribution in [0.1, 0.15) is 22.9 Å². The van der Waals surface area contributed by atoms with Gasteiger partial charge in [0, 0.05) is 22.4 Å². The van der Waals surface area contributed by atoms with E-state index in [9.17, 15) is 9.59 Å². The quantitative estimate of drug-likeness (QED) is 0.776. The third-order valence-corrected chi connectivity index (χ3v) is 6.48. The maximum atomic E-state index is 13.0. The summed E-state index contributed by atoms with van der Waals surface area (Å²) >= 11 is 5.18. The highest BCUT2D eigenvalue weighted by atomic mass is 79.9. The molecule has 0 spiro atoms. The molecule has 1 aromatic carbocycles. The Labute approximate surface area is 158 Å². The van der Waals surface area contributed by atoms with Crippen molar-refractivity contribution in [3.05, 3.63) is 56.2 Å². The van der Waals surface area contributed by atoms with E-state index >= 15 is 0 Å². The summed E-state index contributed by atoms with van der Waals surface area (Å²) in [6.45, 7) is 3.74. The van der Waals surface area contributed by atoms with Crippen LogP contribution in [-0.4, -0.2) is 35.0 Å². The van der Waals surface area contributed by atoms with Crippen molar-refractivity contribution in [3.63, 3.8) is 0 Å². The minimum absolute atomic E-state index is 0.198. The van der Waals surface area contributed by atoms with Crippen molar-refractivity contribution in [1.82, 2.24) is 15.1 Å². The first-order chi connectivity index (χ1) is 12.0. The topological polar surface area (TPSA) is 52.7 Å². The van der Waals surface area contributed by atoms with Crippen molar-refractivity contribution >= 4 is 39.2 Å². The monoisotopic (exact) mass is 419 g/mol. The van der Waals surface area contributed by atoms with Crippen molar-refractivity contribution in [2.75, 3.05) is 13.2 Å². The Balaban J connectivity index is 1.53. The van der Waals surface area contributed by atoms with Crippen LogP contribution in [0.5, 0.6) is 0 Å². The van der Waals surface area contributed by atoms with E-state index in [1.807, 2.05) is 24.3 Å². The third kappa shape index (κ3) is 2.90. The van der Waals surface area contributed by atoms with Crippen molar-refractivity contribution in [2.45, 2.75) is 25.4 Å². The molecule has 0 saturated carbocycles. The van der Waals surface area contributed by atoms with Crippen LogP contribution in [0, 0.1) is 0 Å². The molecule has 130 valence electrons. The van der Waals surface area contributed by atoms with Gasteiger partial charge in [-0.05, 0) is 48.1 Å². The van der Waals surface area contributed by atoms with E-state index in [0.717, 1.165) is 29.5 Å². The van der Waals surface area contributed by atoms with Gasteiger partial charge in [0.2, 0.25) is 0 Å². The molecule has 2 aliphatic heterocycles. The zero-order chi connectivity index (χ0) is 17.6. The summed E-state index contributed by atoms with van der Waals surface area (Å²) in [6, 6.07) is 9.29. The van der Waals surface area contributed by atoms with Gasteiger partial charge in [-0.3, -0.25) is 9.69 Å². The summed E-state index contributed by atoms with van der Waals surface area (Å²) < 4.78 is 0.938. The number of hydrogen-bond acceptors (Lipinski definition) is 4. The molecule has 25 heavy (non-hydrogen) atoms. The molecule has 5 nitrogen and oxygen atoms in total. The summed E-state index contributed by atoms with van der Waals surface area (Å²) in [5, 5.41) is 4.97. The molecule has 1 N–H and O–H groups in total. The van der Waals surface area contributed by atoms with Crippen LogP contribution in [0.4, 0.5) is 4.79 Å². The van der Waals surface area contributed by atoms with E-state index in [-0.39, 0.29) is 11.9 Å². The van der Waals surface area contributed by atoms with Crippen LogP contribution in [0.15, 0.2) is 40.2 Å². The highest BCUT2D eigenvalue weighted by Crippen LogP contribution is 2.31. The second-order valence-electron chi connectivity index (χ2n) is 6.61. The summed E-state index contributed by atoms with van der Waals surface area (Å²) in [6.07, 6.45) is 0.973. The third-order valence-electron chi connectivity index (χ3n) is 4.92. The van der Waals surface area contributed by atoms with Crippen LogP contribution < -0.4 is 5.32 Å². The Morgan fingerprint density at radius 2 is 2.00 bits per heavy atom. The van der Waals surface area contributed by atoms with E-state index in [1.165, 1.54) is 15.3 Å². The number of benzene rings is 1. The van der Waals surface area contributed by atoms with Crippen LogP contribution in [0.3, 0.4) is 0 Å². The smallest absolute Gasteiger partial charge is 0.319 e. The summed E-state index contributed by atoms with van der Waals surface area (Å²) in [7, 11) is 0. The maximum absolute atomic E-state index is 13.0. The van der Waals surface area contributed by atoms with Crippen LogP contribution in [0.25, 0.3) is 0 Å². The first kappa shape index (κ1) is 16.8. The average Bonchev–Trinajstić information content (AvgIpc) is 3.14. The standard InChI is InChI=1S/C18H18BrN3O2S/c1-18(13-2-4-14(19)5-3-13)16(23)22(17(24)20-18)11-21-8-6-15-12(10-21)7-9-25-15/h2-5,7,9H,6,8,10-11H2,1H3,(H,20,24)/t18-/m0/s1. The molecule has 0 aliphatic carbocycles. The number of rotatable bonds is 3. The molecule has 1 saturated heterocycles. The Bertz CT molecular complexity index is 835. The number of thiophene rings is 1. The first-order valence-electron chi connectivity index (χ1n) is 8.15. The SMILES string of the molecule is C[C@@]1(c2ccc(Br)cc2)NC(=O)N(CN2CCc3sccc3C2)C1=O. The minimum atomic E-state index is -1.01. The Kier molecular flexibility index (Phi) is 4.17. The van der Waals surface area contributed by atoms with Crippen molar-refractivity contribution in [3.8, 4) is 0 Å². The van der Waals surface area contributed by atoms with Gasteiger partial charge in [-0.15, -0.1) is 11.3 Å². The molecule has 1 aromatic heterocycles. The molecular formula is C18H18BrN3O2S. The zero-order valence-electron chi connectivity index (χ0n) is 13.8. The number of urea groups is 1. The molecule has 2 aliphatic rings. The molecule has 1 fully saturated rings. The lowest BCUT2D eigenvalue weighted by Crippen LogP contribution is -2.45. The van der Waals surface area contributed by atoms with E-state index in [2.05, 4.69) is 37.6 Å². The highest BCUT2D eigenvalue weighted by molar-refractivity contribution is 9.10. The zero-order valence-corrected chi connectivity index (χ0v) is 16.2. The number of imide groups is 1. The van der Waals surface area contributed by atoms with Gasteiger partial charge in [-0.1, -0.05) is 28.1 Å². The van der Waals surface area contributed by atoms with Crippen LogP contribution in [-0.2, 0) is 23.3 Å². The highest BCUT2D eigenvalue weighted by Gasteiger charge is 2.49. The number of carbonyl (C=O) groups is 2. The van der Waals surface area contributed by atoms with Gasteiger partial charge in [0.25, 0.3) is 5.91 Å². The van der Waals surface area contributed by atoms with Gasteiger partial charge in [-0.2, -0.15) is 0 Å². The van der Waals surface area contributed by atoms with Crippen LogP contribution in [0.2, 0.25) is 0 Å².